The van der Waals surface area contributed by atoms with Crippen molar-refractivity contribution in [1.29, 1.82) is 0 Å². The molecule has 1 aliphatic carbocycles. The first kappa shape index (κ1) is 11.8. The van der Waals surface area contributed by atoms with Crippen molar-refractivity contribution in [3.05, 3.63) is 17.0 Å². The van der Waals surface area contributed by atoms with Crippen molar-refractivity contribution in [1.82, 2.24) is 9.97 Å². The van der Waals surface area contributed by atoms with Gasteiger partial charge < -0.3 is 5.32 Å². The third-order valence-corrected chi connectivity index (χ3v) is 4.29. The molecule has 1 aromatic heterocycles. The normalized spacial score (nSPS) is 18.6. The summed E-state index contributed by atoms with van der Waals surface area (Å²) < 4.78 is 0.944. The summed E-state index contributed by atoms with van der Waals surface area (Å²) in [4.78, 5) is 8.20. The van der Waals surface area contributed by atoms with E-state index < -0.39 is 0 Å². The number of rotatable bonds is 4. The Morgan fingerprint density at radius 1 is 1.44 bits per heavy atom. The molecule has 0 aromatic carbocycles. The Bertz CT molecular complexity index is 348. The summed E-state index contributed by atoms with van der Waals surface area (Å²) in [5.41, 5.74) is 0.490. The number of nitrogens with one attached hydrogen (secondary N) is 1. The molecule has 1 aromatic rings. The van der Waals surface area contributed by atoms with Gasteiger partial charge >= 0.3 is 0 Å². The molecular weight excluding hydrogens is 266 g/mol. The van der Waals surface area contributed by atoms with Crippen LogP contribution in [-0.4, -0.2) is 16.5 Å². The molecule has 16 heavy (non-hydrogen) atoms. The van der Waals surface area contributed by atoms with E-state index in [1.807, 2.05) is 0 Å². The van der Waals surface area contributed by atoms with Crippen LogP contribution in [0.4, 0.5) is 5.82 Å². The van der Waals surface area contributed by atoms with Gasteiger partial charge in [-0.3, -0.25) is 0 Å². The molecule has 1 fully saturated rings. The predicted octanol–water partition coefficient (Wildman–Crippen LogP) is 3.62. The van der Waals surface area contributed by atoms with Crippen molar-refractivity contribution in [3.63, 3.8) is 0 Å². The zero-order valence-corrected chi connectivity index (χ0v) is 11.3. The molecule has 0 unspecified atom stereocenters. The Morgan fingerprint density at radius 2 is 2.19 bits per heavy atom. The zero-order valence-electron chi connectivity index (χ0n) is 9.67. The lowest BCUT2D eigenvalue weighted by atomic mass is 9.83. The van der Waals surface area contributed by atoms with Crippen LogP contribution < -0.4 is 5.32 Å². The monoisotopic (exact) mass is 283 g/mol. The highest BCUT2D eigenvalue weighted by molar-refractivity contribution is 9.10. The maximum Gasteiger partial charge on any atom is 0.143 e. The number of hydrogen-bond donors (Lipinski definition) is 1. The Morgan fingerprint density at radius 3 is 2.81 bits per heavy atom. The molecule has 0 spiro atoms. The highest BCUT2D eigenvalue weighted by Crippen LogP contribution is 2.41. The molecule has 1 saturated carbocycles. The fourth-order valence-corrected chi connectivity index (χ4v) is 2.86. The van der Waals surface area contributed by atoms with Crippen molar-refractivity contribution < 1.29 is 0 Å². The van der Waals surface area contributed by atoms with E-state index in [0.717, 1.165) is 16.8 Å². The zero-order chi connectivity index (χ0) is 11.4. The lowest BCUT2D eigenvalue weighted by Gasteiger charge is -2.28. The van der Waals surface area contributed by atoms with E-state index in [0.29, 0.717) is 5.41 Å². The van der Waals surface area contributed by atoms with E-state index >= 15 is 0 Å². The van der Waals surface area contributed by atoms with Gasteiger partial charge in [-0.05, 0) is 40.6 Å². The molecule has 1 aliphatic rings. The molecular formula is C12H18BrN3. The smallest absolute Gasteiger partial charge is 0.143 e. The second-order valence-electron chi connectivity index (χ2n) is 4.63. The maximum absolute atomic E-state index is 4.24. The number of halogens is 1. The van der Waals surface area contributed by atoms with Crippen LogP contribution in [0.25, 0.3) is 0 Å². The first-order chi connectivity index (χ1) is 7.76. The van der Waals surface area contributed by atoms with E-state index in [4.69, 9.17) is 0 Å². The summed E-state index contributed by atoms with van der Waals surface area (Å²) in [6, 6.07) is 0. The van der Waals surface area contributed by atoms with Gasteiger partial charge in [0.15, 0.2) is 0 Å². The van der Waals surface area contributed by atoms with E-state index in [2.05, 4.69) is 38.1 Å². The first-order valence-electron chi connectivity index (χ1n) is 5.95. The van der Waals surface area contributed by atoms with Crippen LogP contribution in [0.5, 0.6) is 0 Å². The molecule has 88 valence electrons. The molecule has 0 radical (unpaired) electrons. The molecule has 1 heterocycles. The quantitative estimate of drug-likeness (QED) is 0.917. The molecule has 0 saturated heterocycles. The summed E-state index contributed by atoms with van der Waals surface area (Å²) in [5.74, 6) is 0.912. The van der Waals surface area contributed by atoms with E-state index in [9.17, 15) is 0 Å². The summed E-state index contributed by atoms with van der Waals surface area (Å²) in [5, 5.41) is 3.45. The number of anilines is 1. The lowest BCUT2D eigenvalue weighted by Crippen LogP contribution is -2.26. The summed E-state index contributed by atoms with van der Waals surface area (Å²) >= 11 is 3.46. The van der Waals surface area contributed by atoms with E-state index in [-0.39, 0.29) is 0 Å². The Hall–Kier alpha value is -0.640. The van der Waals surface area contributed by atoms with Crippen LogP contribution in [0.2, 0.25) is 0 Å². The number of nitrogens with zero attached hydrogens (tertiary/aromatic N) is 2. The minimum Gasteiger partial charge on any atom is -0.368 e. The van der Waals surface area contributed by atoms with Gasteiger partial charge in [0.2, 0.25) is 0 Å². The van der Waals surface area contributed by atoms with Gasteiger partial charge in [0.1, 0.15) is 12.1 Å². The molecule has 0 bridgehead atoms. The number of aromatic nitrogens is 2. The van der Waals surface area contributed by atoms with Crippen LogP contribution >= 0.6 is 15.9 Å². The Kier molecular flexibility index (Phi) is 3.79. The fraction of sp³-hybridized carbons (Fsp3) is 0.667. The minimum atomic E-state index is 0.490. The van der Waals surface area contributed by atoms with Crippen LogP contribution in [-0.2, 0) is 0 Å². The minimum absolute atomic E-state index is 0.490. The SMILES string of the molecule is CCC1(CNc2ncncc2Br)CCCC1. The average molecular weight is 284 g/mol. The van der Waals surface area contributed by atoms with Gasteiger partial charge in [-0.25, -0.2) is 9.97 Å². The average Bonchev–Trinajstić information content (AvgIpc) is 2.78. The second kappa shape index (κ2) is 5.13. The van der Waals surface area contributed by atoms with Crippen molar-refractivity contribution >= 4 is 21.7 Å². The Balaban J connectivity index is 1.98. The lowest BCUT2D eigenvalue weighted by molar-refractivity contribution is 0.306. The standard InChI is InChI=1S/C12H18BrN3/c1-2-12(5-3-4-6-12)8-15-11-10(13)7-14-9-16-11/h7,9H,2-6,8H2,1H3,(H,14,15,16). The van der Waals surface area contributed by atoms with Gasteiger partial charge in [-0.1, -0.05) is 19.8 Å². The first-order valence-corrected chi connectivity index (χ1v) is 6.74. The van der Waals surface area contributed by atoms with Gasteiger partial charge in [-0.15, -0.1) is 0 Å². The number of hydrogen-bond acceptors (Lipinski definition) is 3. The molecule has 0 atom stereocenters. The second-order valence-corrected chi connectivity index (χ2v) is 5.49. The molecule has 0 amide bonds. The van der Waals surface area contributed by atoms with Gasteiger partial charge in [0.25, 0.3) is 0 Å². The van der Waals surface area contributed by atoms with Gasteiger partial charge in [0.05, 0.1) is 4.47 Å². The van der Waals surface area contributed by atoms with Crippen molar-refractivity contribution in [2.75, 3.05) is 11.9 Å². The highest BCUT2D eigenvalue weighted by atomic mass is 79.9. The molecule has 1 N–H and O–H groups in total. The molecule has 3 nitrogen and oxygen atoms in total. The third kappa shape index (κ3) is 2.54. The van der Waals surface area contributed by atoms with Crippen molar-refractivity contribution in [3.8, 4) is 0 Å². The molecule has 0 aliphatic heterocycles. The molecule has 2 rings (SSSR count). The summed E-state index contributed by atoms with van der Waals surface area (Å²) in [7, 11) is 0. The van der Waals surface area contributed by atoms with Crippen molar-refractivity contribution in [2.45, 2.75) is 39.0 Å². The van der Waals surface area contributed by atoms with Crippen LogP contribution in [0.15, 0.2) is 17.0 Å². The Labute approximate surface area is 105 Å². The fourth-order valence-electron chi connectivity index (χ4n) is 2.49. The van der Waals surface area contributed by atoms with Gasteiger partial charge in [0, 0.05) is 12.7 Å². The van der Waals surface area contributed by atoms with E-state index in [1.54, 1.807) is 12.5 Å². The predicted molar refractivity (Wildman–Crippen MR) is 69.4 cm³/mol. The topological polar surface area (TPSA) is 37.8 Å². The maximum atomic E-state index is 4.24. The highest BCUT2D eigenvalue weighted by Gasteiger charge is 2.31. The third-order valence-electron chi connectivity index (χ3n) is 3.71. The van der Waals surface area contributed by atoms with Crippen molar-refractivity contribution in [2.24, 2.45) is 5.41 Å². The van der Waals surface area contributed by atoms with Crippen LogP contribution in [0.3, 0.4) is 0 Å². The van der Waals surface area contributed by atoms with Gasteiger partial charge in [-0.2, -0.15) is 0 Å². The largest absolute Gasteiger partial charge is 0.368 e. The van der Waals surface area contributed by atoms with Crippen LogP contribution in [0.1, 0.15) is 39.0 Å². The van der Waals surface area contributed by atoms with E-state index in [1.165, 1.54) is 32.1 Å². The summed E-state index contributed by atoms with van der Waals surface area (Å²) in [6.07, 6.45) is 10.1. The molecule has 4 heteroatoms. The summed E-state index contributed by atoms with van der Waals surface area (Å²) in [6.45, 7) is 3.32. The van der Waals surface area contributed by atoms with Crippen LogP contribution in [0, 0.1) is 5.41 Å².